The van der Waals surface area contributed by atoms with Crippen molar-refractivity contribution < 1.29 is 8.42 Å². The molecule has 0 bridgehead atoms. The summed E-state index contributed by atoms with van der Waals surface area (Å²) in [6.45, 7) is 4.56. The molecule has 1 aliphatic heterocycles. The zero-order chi connectivity index (χ0) is 14.8. The summed E-state index contributed by atoms with van der Waals surface area (Å²) in [5, 5.41) is 3.53. The van der Waals surface area contributed by atoms with Crippen LogP contribution >= 0.6 is 11.8 Å². The third-order valence-electron chi connectivity index (χ3n) is 3.89. The summed E-state index contributed by atoms with van der Waals surface area (Å²) in [6.07, 6.45) is 1.20. The average Bonchev–Trinajstić information content (AvgIpc) is 2.42. The minimum atomic E-state index is -3.35. The summed E-state index contributed by atoms with van der Waals surface area (Å²) in [5.41, 5.74) is 1.24. The molecule has 0 aromatic heterocycles. The third kappa shape index (κ3) is 3.48. The molecule has 1 aromatic carbocycles. The van der Waals surface area contributed by atoms with Crippen LogP contribution in [0.15, 0.2) is 29.2 Å². The summed E-state index contributed by atoms with van der Waals surface area (Å²) in [7, 11) is -1.93. The Morgan fingerprint density at radius 3 is 2.45 bits per heavy atom. The van der Waals surface area contributed by atoms with Gasteiger partial charge >= 0.3 is 0 Å². The van der Waals surface area contributed by atoms with Crippen molar-refractivity contribution in [1.82, 2.24) is 4.72 Å². The molecule has 0 saturated carbocycles. The van der Waals surface area contributed by atoms with Crippen LogP contribution in [0.1, 0.15) is 20.3 Å². The summed E-state index contributed by atoms with van der Waals surface area (Å²) in [4.78, 5) is 0.294. The van der Waals surface area contributed by atoms with Crippen LogP contribution in [0.2, 0.25) is 0 Å². The van der Waals surface area contributed by atoms with Crippen molar-refractivity contribution in [3.8, 4) is 0 Å². The van der Waals surface area contributed by atoms with Crippen molar-refractivity contribution in [1.29, 1.82) is 0 Å². The lowest BCUT2D eigenvalue weighted by Gasteiger charge is -2.39. The number of sulfonamides is 1. The highest BCUT2D eigenvalue weighted by atomic mass is 32.2. The van der Waals surface area contributed by atoms with Crippen molar-refractivity contribution in [3.05, 3.63) is 24.3 Å². The van der Waals surface area contributed by atoms with E-state index in [0.29, 0.717) is 10.9 Å². The summed E-state index contributed by atoms with van der Waals surface area (Å²) in [5.74, 6) is 2.30. The molecule has 1 aliphatic rings. The van der Waals surface area contributed by atoms with Gasteiger partial charge in [-0.05, 0) is 48.9 Å². The Morgan fingerprint density at radius 1 is 1.25 bits per heavy atom. The Kier molecular flexibility index (Phi) is 4.66. The fraction of sp³-hybridized carbons (Fsp3) is 0.571. The normalized spacial score (nSPS) is 22.4. The molecule has 1 saturated heterocycles. The Morgan fingerprint density at radius 2 is 1.90 bits per heavy atom. The van der Waals surface area contributed by atoms with Crippen molar-refractivity contribution in [2.24, 2.45) is 5.41 Å². The Balaban J connectivity index is 2.11. The molecule has 1 atom stereocenters. The maximum absolute atomic E-state index is 11.7. The predicted molar refractivity (Wildman–Crippen MR) is 85.8 cm³/mol. The van der Waals surface area contributed by atoms with Gasteiger partial charge in [-0.2, -0.15) is 11.8 Å². The lowest BCUT2D eigenvalue weighted by atomic mass is 9.82. The van der Waals surface area contributed by atoms with Gasteiger partial charge in [0.15, 0.2) is 0 Å². The van der Waals surface area contributed by atoms with Crippen LogP contribution in [-0.2, 0) is 10.0 Å². The molecule has 6 heteroatoms. The van der Waals surface area contributed by atoms with Crippen LogP contribution in [-0.4, -0.2) is 33.0 Å². The van der Waals surface area contributed by atoms with Crippen molar-refractivity contribution >= 4 is 27.5 Å². The first-order chi connectivity index (χ1) is 9.35. The maximum Gasteiger partial charge on any atom is 0.240 e. The second-order valence-corrected chi connectivity index (χ2v) is 8.78. The minimum Gasteiger partial charge on any atom is -0.381 e. The van der Waals surface area contributed by atoms with Gasteiger partial charge in [-0.3, -0.25) is 0 Å². The largest absolute Gasteiger partial charge is 0.381 e. The average molecular weight is 314 g/mol. The SMILES string of the molecule is CNS(=O)(=O)c1ccc(NC2CSCCC2(C)C)cc1. The van der Waals surface area contributed by atoms with Gasteiger partial charge in [0, 0.05) is 17.5 Å². The predicted octanol–water partition coefficient (Wildman–Crippen LogP) is 2.54. The van der Waals surface area contributed by atoms with Gasteiger partial charge in [0.05, 0.1) is 4.90 Å². The molecular formula is C14H22N2O2S2. The van der Waals surface area contributed by atoms with Crippen LogP contribution < -0.4 is 10.0 Å². The Labute approximate surface area is 125 Å². The van der Waals surface area contributed by atoms with Gasteiger partial charge in [0.2, 0.25) is 10.0 Å². The first kappa shape index (κ1) is 15.7. The molecule has 1 unspecified atom stereocenters. The second kappa shape index (κ2) is 5.95. The first-order valence-electron chi connectivity index (χ1n) is 6.73. The van der Waals surface area contributed by atoms with Crippen LogP contribution in [0.25, 0.3) is 0 Å². The third-order valence-corrected chi connectivity index (χ3v) is 6.38. The van der Waals surface area contributed by atoms with E-state index in [-0.39, 0.29) is 5.41 Å². The van der Waals surface area contributed by atoms with Gasteiger partial charge in [-0.1, -0.05) is 13.8 Å². The Bertz CT molecular complexity index is 553. The van der Waals surface area contributed by atoms with E-state index in [1.807, 2.05) is 23.9 Å². The van der Waals surface area contributed by atoms with E-state index in [1.54, 1.807) is 12.1 Å². The van der Waals surface area contributed by atoms with E-state index in [1.165, 1.54) is 19.2 Å². The fourth-order valence-corrected chi connectivity index (χ4v) is 4.56. The maximum atomic E-state index is 11.7. The highest BCUT2D eigenvalue weighted by Gasteiger charge is 2.32. The highest BCUT2D eigenvalue weighted by Crippen LogP contribution is 2.36. The van der Waals surface area contributed by atoms with Gasteiger partial charge in [0.1, 0.15) is 0 Å². The molecular weight excluding hydrogens is 292 g/mol. The van der Waals surface area contributed by atoms with E-state index in [2.05, 4.69) is 23.9 Å². The summed E-state index contributed by atoms with van der Waals surface area (Å²) >= 11 is 1.97. The molecule has 20 heavy (non-hydrogen) atoms. The number of nitrogens with one attached hydrogen (secondary N) is 2. The lowest BCUT2D eigenvalue weighted by Crippen LogP contribution is -2.41. The van der Waals surface area contributed by atoms with E-state index in [0.717, 1.165) is 11.4 Å². The van der Waals surface area contributed by atoms with E-state index in [9.17, 15) is 8.42 Å². The zero-order valence-electron chi connectivity index (χ0n) is 12.1. The topological polar surface area (TPSA) is 58.2 Å². The van der Waals surface area contributed by atoms with Crippen molar-refractivity contribution in [2.75, 3.05) is 23.9 Å². The summed E-state index contributed by atoms with van der Waals surface area (Å²) < 4.78 is 25.7. The van der Waals surface area contributed by atoms with Crippen molar-refractivity contribution in [2.45, 2.75) is 31.2 Å². The highest BCUT2D eigenvalue weighted by molar-refractivity contribution is 7.99. The molecule has 2 rings (SSSR count). The zero-order valence-corrected chi connectivity index (χ0v) is 13.8. The van der Waals surface area contributed by atoms with Gasteiger partial charge in [-0.25, -0.2) is 13.1 Å². The van der Waals surface area contributed by atoms with Gasteiger partial charge in [-0.15, -0.1) is 0 Å². The van der Waals surface area contributed by atoms with Crippen LogP contribution in [0.3, 0.4) is 0 Å². The second-order valence-electron chi connectivity index (χ2n) is 5.74. The summed E-state index contributed by atoms with van der Waals surface area (Å²) in [6, 6.07) is 7.35. The van der Waals surface area contributed by atoms with E-state index in [4.69, 9.17) is 0 Å². The number of hydrogen-bond donors (Lipinski definition) is 2. The molecule has 0 radical (unpaired) electrons. The first-order valence-corrected chi connectivity index (χ1v) is 9.37. The number of benzene rings is 1. The standard InChI is InChI=1S/C14H22N2O2S2/c1-14(2)8-9-19-10-13(14)16-11-4-6-12(7-5-11)20(17,18)15-3/h4-7,13,15-16H,8-10H2,1-3H3. The molecule has 1 fully saturated rings. The Hall–Kier alpha value is -0.720. The fourth-order valence-electron chi connectivity index (χ4n) is 2.22. The van der Waals surface area contributed by atoms with Crippen LogP contribution in [0, 0.1) is 5.41 Å². The smallest absolute Gasteiger partial charge is 0.240 e. The number of anilines is 1. The monoisotopic (exact) mass is 314 g/mol. The molecule has 1 aromatic rings. The molecule has 0 spiro atoms. The number of thioether (sulfide) groups is 1. The molecule has 1 heterocycles. The van der Waals surface area contributed by atoms with Crippen LogP contribution in [0.4, 0.5) is 5.69 Å². The van der Waals surface area contributed by atoms with Gasteiger partial charge in [0.25, 0.3) is 0 Å². The molecule has 2 N–H and O–H groups in total. The quantitative estimate of drug-likeness (QED) is 0.897. The molecule has 0 amide bonds. The van der Waals surface area contributed by atoms with E-state index >= 15 is 0 Å². The van der Waals surface area contributed by atoms with Crippen molar-refractivity contribution in [3.63, 3.8) is 0 Å². The lowest BCUT2D eigenvalue weighted by molar-refractivity contribution is 0.305. The van der Waals surface area contributed by atoms with Gasteiger partial charge < -0.3 is 5.32 Å². The van der Waals surface area contributed by atoms with Crippen LogP contribution in [0.5, 0.6) is 0 Å². The molecule has 4 nitrogen and oxygen atoms in total. The number of rotatable bonds is 4. The molecule has 112 valence electrons. The minimum absolute atomic E-state index is 0.265. The van der Waals surface area contributed by atoms with E-state index < -0.39 is 10.0 Å². The number of hydrogen-bond acceptors (Lipinski definition) is 4. The molecule has 0 aliphatic carbocycles.